The van der Waals surface area contributed by atoms with Gasteiger partial charge in [0.1, 0.15) is 0 Å². The maximum atomic E-state index is 5.28. The molecule has 0 bridgehead atoms. The van der Waals surface area contributed by atoms with Crippen LogP contribution in [0.1, 0.15) is 11.3 Å². The molecule has 0 spiro atoms. The van der Waals surface area contributed by atoms with Crippen LogP contribution >= 0.6 is 0 Å². The van der Waals surface area contributed by atoms with E-state index in [9.17, 15) is 0 Å². The molecule has 102 valence electrons. The van der Waals surface area contributed by atoms with Gasteiger partial charge >= 0.3 is 0 Å². The molecule has 0 saturated carbocycles. The highest BCUT2D eigenvalue weighted by Gasteiger charge is 2.04. The number of ether oxygens (including phenoxy) is 2. The van der Waals surface area contributed by atoms with Crippen molar-refractivity contribution in [3.05, 3.63) is 41.7 Å². The lowest BCUT2D eigenvalue weighted by Crippen LogP contribution is -2.15. The summed E-state index contributed by atoms with van der Waals surface area (Å²) in [5.41, 5.74) is 2.31. The number of hydrogen-bond acceptors (Lipinski definition) is 4. The van der Waals surface area contributed by atoms with E-state index in [1.165, 1.54) is 0 Å². The van der Waals surface area contributed by atoms with Crippen molar-refractivity contribution in [2.45, 2.75) is 13.1 Å². The van der Waals surface area contributed by atoms with Crippen LogP contribution in [-0.2, 0) is 20.1 Å². The van der Waals surface area contributed by atoms with Crippen molar-refractivity contribution in [2.75, 3.05) is 14.2 Å². The molecular formula is C14H19N3O2. The molecule has 0 aliphatic rings. The summed E-state index contributed by atoms with van der Waals surface area (Å²) in [6.07, 6.45) is 1.80. The Labute approximate surface area is 113 Å². The van der Waals surface area contributed by atoms with Gasteiger partial charge in [0.05, 0.1) is 19.9 Å². The Hall–Kier alpha value is -2.01. The van der Waals surface area contributed by atoms with Crippen molar-refractivity contribution in [2.24, 2.45) is 7.05 Å². The van der Waals surface area contributed by atoms with Crippen LogP contribution in [0.25, 0.3) is 0 Å². The molecule has 19 heavy (non-hydrogen) atoms. The molecule has 2 rings (SSSR count). The molecule has 1 N–H and O–H groups in total. The summed E-state index contributed by atoms with van der Waals surface area (Å²) in [4.78, 5) is 0. The molecule has 1 heterocycles. The van der Waals surface area contributed by atoms with Crippen LogP contribution in [0.5, 0.6) is 11.5 Å². The quantitative estimate of drug-likeness (QED) is 0.860. The second kappa shape index (κ2) is 6.24. The third-order valence-electron chi connectivity index (χ3n) is 3.01. The summed E-state index contributed by atoms with van der Waals surface area (Å²) in [7, 11) is 5.22. The standard InChI is InChI=1S/C14H19N3O2/c1-17-12(6-7-16-17)10-15-9-11-4-5-13(18-2)14(8-11)19-3/h4-8,15H,9-10H2,1-3H3. The Morgan fingerprint density at radius 1 is 1.11 bits per heavy atom. The van der Waals surface area contributed by atoms with Gasteiger partial charge in [0.2, 0.25) is 0 Å². The lowest BCUT2D eigenvalue weighted by atomic mass is 10.2. The first-order valence-corrected chi connectivity index (χ1v) is 6.13. The fourth-order valence-corrected chi connectivity index (χ4v) is 1.90. The third kappa shape index (κ3) is 3.26. The zero-order valence-corrected chi connectivity index (χ0v) is 11.5. The van der Waals surface area contributed by atoms with Crippen LogP contribution in [-0.4, -0.2) is 24.0 Å². The van der Waals surface area contributed by atoms with Gasteiger partial charge in [-0.1, -0.05) is 6.07 Å². The number of methoxy groups -OCH3 is 2. The minimum absolute atomic E-state index is 0.748. The van der Waals surface area contributed by atoms with Crippen LogP contribution in [0.15, 0.2) is 30.5 Å². The lowest BCUT2D eigenvalue weighted by Gasteiger charge is -2.10. The average molecular weight is 261 g/mol. The molecule has 1 aromatic heterocycles. The number of benzene rings is 1. The van der Waals surface area contributed by atoms with E-state index < -0.39 is 0 Å². The molecule has 0 atom stereocenters. The SMILES string of the molecule is COc1ccc(CNCc2ccnn2C)cc1OC. The molecule has 5 heteroatoms. The highest BCUT2D eigenvalue weighted by Crippen LogP contribution is 2.27. The molecule has 0 saturated heterocycles. The normalized spacial score (nSPS) is 10.5. The summed E-state index contributed by atoms with van der Waals surface area (Å²) in [6, 6.07) is 7.92. The van der Waals surface area contributed by atoms with E-state index in [1.807, 2.05) is 36.0 Å². The zero-order chi connectivity index (χ0) is 13.7. The lowest BCUT2D eigenvalue weighted by molar-refractivity contribution is 0.354. The predicted molar refractivity (Wildman–Crippen MR) is 73.3 cm³/mol. The van der Waals surface area contributed by atoms with Gasteiger partial charge < -0.3 is 14.8 Å². The molecular weight excluding hydrogens is 242 g/mol. The van der Waals surface area contributed by atoms with Crippen molar-refractivity contribution in [3.63, 3.8) is 0 Å². The number of hydrogen-bond donors (Lipinski definition) is 1. The number of nitrogens with one attached hydrogen (secondary N) is 1. The van der Waals surface area contributed by atoms with Crippen molar-refractivity contribution < 1.29 is 9.47 Å². The minimum Gasteiger partial charge on any atom is -0.493 e. The molecule has 0 radical (unpaired) electrons. The largest absolute Gasteiger partial charge is 0.493 e. The summed E-state index contributed by atoms with van der Waals surface area (Å²) < 4.78 is 12.4. The average Bonchev–Trinajstić information content (AvgIpc) is 2.84. The minimum atomic E-state index is 0.748. The monoisotopic (exact) mass is 261 g/mol. The molecule has 0 fully saturated rings. The second-order valence-corrected chi connectivity index (χ2v) is 4.24. The van der Waals surface area contributed by atoms with Crippen molar-refractivity contribution in [1.29, 1.82) is 0 Å². The Morgan fingerprint density at radius 3 is 2.53 bits per heavy atom. The number of aryl methyl sites for hydroxylation is 1. The molecule has 0 aliphatic heterocycles. The van der Waals surface area contributed by atoms with Gasteiger partial charge in [-0.05, 0) is 23.8 Å². The number of rotatable bonds is 6. The summed E-state index contributed by atoms with van der Waals surface area (Å²) >= 11 is 0. The summed E-state index contributed by atoms with van der Waals surface area (Å²) in [5.74, 6) is 1.50. The van der Waals surface area contributed by atoms with Gasteiger partial charge in [-0.3, -0.25) is 4.68 Å². The van der Waals surface area contributed by atoms with Crippen molar-refractivity contribution in [3.8, 4) is 11.5 Å². The first-order chi connectivity index (χ1) is 9.24. The van der Waals surface area contributed by atoms with Gasteiger partial charge in [0.15, 0.2) is 11.5 Å². The molecule has 1 aromatic carbocycles. The Balaban J connectivity index is 1.94. The number of nitrogens with zero attached hydrogens (tertiary/aromatic N) is 2. The molecule has 5 nitrogen and oxygen atoms in total. The third-order valence-corrected chi connectivity index (χ3v) is 3.01. The fraction of sp³-hybridized carbons (Fsp3) is 0.357. The maximum absolute atomic E-state index is 5.28. The smallest absolute Gasteiger partial charge is 0.161 e. The van der Waals surface area contributed by atoms with Crippen LogP contribution < -0.4 is 14.8 Å². The number of aromatic nitrogens is 2. The summed E-state index contributed by atoms with van der Waals surface area (Å²) in [6.45, 7) is 1.55. The molecule has 0 aliphatic carbocycles. The highest BCUT2D eigenvalue weighted by atomic mass is 16.5. The predicted octanol–water partition coefficient (Wildman–Crippen LogP) is 1.73. The molecule has 0 amide bonds. The van der Waals surface area contributed by atoms with E-state index in [2.05, 4.69) is 10.4 Å². The first kappa shape index (κ1) is 13.4. The Morgan fingerprint density at radius 2 is 1.89 bits per heavy atom. The van der Waals surface area contributed by atoms with Gasteiger partial charge in [-0.2, -0.15) is 5.10 Å². The topological polar surface area (TPSA) is 48.3 Å². The van der Waals surface area contributed by atoms with E-state index in [-0.39, 0.29) is 0 Å². The second-order valence-electron chi connectivity index (χ2n) is 4.24. The van der Waals surface area contributed by atoms with E-state index in [0.717, 1.165) is 35.8 Å². The van der Waals surface area contributed by atoms with Crippen LogP contribution in [0.4, 0.5) is 0 Å². The van der Waals surface area contributed by atoms with Crippen LogP contribution in [0.2, 0.25) is 0 Å². The maximum Gasteiger partial charge on any atom is 0.161 e. The fourth-order valence-electron chi connectivity index (χ4n) is 1.90. The Bertz CT molecular complexity index is 537. The van der Waals surface area contributed by atoms with Gasteiger partial charge in [-0.15, -0.1) is 0 Å². The van der Waals surface area contributed by atoms with Crippen molar-refractivity contribution >= 4 is 0 Å². The van der Waals surface area contributed by atoms with E-state index in [1.54, 1.807) is 20.4 Å². The Kier molecular flexibility index (Phi) is 4.41. The van der Waals surface area contributed by atoms with E-state index >= 15 is 0 Å². The van der Waals surface area contributed by atoms with Gasteiger partial charge in [0, 0.05) is 26.3 Å². The summed E-state index contributed by atoms with van der Waals surface area (Å²) in [5, 5.41) is 7.51. The van der Waals surface area contributed by atoms with Crippen LogP contribution in [0, 0.1) is 0 Å². The van der Waals surface area contributed by atoms with E-state index in [4.69, 9.17) is 9.47 Å². The molecule has 0 unspecified atom stereocenters. The van der Waals surface area contributed by atoms with Crippen LogP contribution in [0.3, 0.4) is 0 Å². The molecule has 2 aromatic rings. The van der Waals surface area contributed by atoms with Gasteiger partial charge in [-0.25, -0.2) is 0 Å². The van der Waals surface area contributed by atoms with Crippen molar-refractivity contribution in [1.82, 2.24) is 15.1 Å². The first-order valence-electron chi connectivity index (χ1n) is 6.13. The highest BCUT2D eigenvalue weighted by molar-refractivity contribution is 5.42. The van der Waals surface area contributed by atoms with E-state index in [0.29, 0.717) is 0 Å². The van der Waals surface area contributed by atoms with Gasteiger partial charge in [0.25, 0.3) is 0 Å². The zero-order valence-electron chi connectivity index (χ0n) is 11.5.